The molecule has 0 spiro atoms. The van der Waals surface area contributed by atoms with Crippen molar-refractivity contribution in [3.63, 3.8) is 0 Å². The maximum absolute atomic E-state index is 12.6. The van der Waals surface area contributed by atoms with Crippen LogP contribution in [0, 0.1) is 25.2 Å². The van der Waals surface area contributed by atoms with Crippen molar-refractivity contribution in [2.45, 2.75) is 53.2 Å². The van der Waals surface area contributed by atoms with Crippen molar-refractivity contribution >= 4 is 168 Å². The van der Waals surface area contributed by atoms with E-state index < -0.39 is 88.6 Å². The minimum absolute atomic E-state index is 0.0101. The zero-order valence-electron chi connectivity index (χ0n) is 41.8. The van der Waals surface area contributed by atoms with Crippen LogP contribution in [0.25, 0.3) is 37.7 Å². The number of thioether (sulfide) groups is 1. The second-order valence-electron chi connectivity index (χ2n) is 17.4. The highest BCUT2D eigenvalue weighted by Gasteiger charge is 2.27. The Morgan fingerprint density at radius 1 is 0.756 bits per heavy atom. The Balaban J connectivity index is 1.22. The number of thiazole rings is 1. The number of amides is 1. The van der Waals surface area contributed by atoms with Crippen molar-refractivity contribution < 1.29 is 79.5 Å². The van der Waals surface area contributed by atoms with E-state index in [4.69, 9.17) is 16.3 Å². The van der Waals surface area contributed by atoms with Crippen LogP contribution in [0.1, 0.15) is 36.5 Å². The Morgan fingerprint density at radius 2 is 1.40 bits per heavy atom. The maximum atomic E-state index is 12.6. The summed E-state index contributed by atoms with van der Waals surface area (Å²) in [4.78, 5) is 19.3. The van der Waals surface area contributed by atoms with E-state index in [-0.39, 0.29) is 129 Å². The number of carbonyl (C=O) groups excluding carboxylic acids is 1. The molecule has 0 aliphatic heterocycles. The van der Waals surface area contributed by atoms with E-state index in [1.165, 1.54) is 50.2 Å². The van der Waals surface area contributed by atoms with Gasteiger partial charge in [0.25, 0.3) is 50.6 Å². The molecule has 8 aromatic rings. The first-order valence-electron chi connectivity index (χ1n) is 22.8. The van der Waals surface area contributed by atoms with Crippen molar-refractivity contribution in [1.82, 2.24) is 14.4 Å². The predicted octanol–water partition coefficient (Wildman–Crippen LogP) is 10.1. The Labute approximate surface area is 477 Å². The number of hydrogen-bond donors (Lipinski definition) is 7. The molecule has 0 aliphatic rings. The molecule has 7 N–H and O–H groups in total. The van der Waals surface area contributed by atoms with Gasteiger partial charge in [0, 0.05) is 33.9 Å². The van der Waals surface area contributed by atoms with E-state index in [1.807, 2.05) is 6.07 Å². The van der Waals surface area contributed by atoms with Crippen LogP contribution in [0.5, 0.6) is 11.6 Å². The molecule has 3 aromatic heterocycles. The molecule has 0 saturated carbocycles. The van der Waals surface area contributed by atoms with E-state index in [1.54, 1.807) is 6.92 Å². The Bertz CT molecular complexity index is 4760. The Kier molecular flexibility index (Phi) is 17.2. The number of carbonyl (C=O) groups is 1. The zero-order chi connectivity index (χ0) is 60.0. The summed E-state index contributed by atoms with van der Waals surface area (Å²) in [5.74, 6) is -2.73. The smallest absolute Gasteiger partial charge is 0.296 e. The van der Waals surface area contributed by atoms with E-state index in [0.717, 1.165) is 51.8 Å². The molecule has 0 bridgehead atoms. The summed E-state index contributed by atoms with van der Waals surface area (Å²) >= 11 is 7.99. The number of pyridine rings is 1. The van der Waals surface area contributed by atoms with Crippen LogP contribution in [-0.2, 0) is 55.4 Å². The third kappa shape index (κ3) is 13.8. The number of benzene rings is 5. The average Bonchev–Trinajstić information content (AvgIpc) is 2.28. The zero-order valence-corrected chi connectivity index (χ0v) is 48.3. The van der Waals surface area contributed by atoms with Crippen LogP contribution in [-0.4, -0.2) is 114 Å². The first kappa shape index (κ1) is 60.8. The number of aryl methyl sites for hydroxylation is 1. The Hall–Kier alpha value is -7.25. The van der Waals surface area contributed by atoms with Gasteiger partial charge in [-0.05, 0) is 91.9 Å². The van der Waals surface area contributed by atoms with E-state index in [0.29, 0.717) is 5.56 Å². The SMILES string of the molecule is CC(=O)Nc1cc(N=Nc2cc(OCCCS(=O)(=O)O)c(N=Nc3c(C)c(C#N)c4nc5c(S(=O)(=O)O)cc(Cl)cc5n4c3O)cc2C)c(SCCCS(=O)(=O)O)cc1N=Nc1nc2c(S(=O)(=O)O)cc3cc(S(=O)(=O)O)ccc3c2s1. The monoisotopic (exact) mass is 1280 g/mol. The molecule has 0 aliphatic carbocycles. The van der Waals surface area contributed by atoms with Crippen LogP contribution in [0.2, 0.25) is 5.02 Å². The Morgan fingerprint density at radius 3 is 2.05 bits per heavy atom. The normalized spacial score (nSPS) is 13.0. The first-order chi connectivity index (χ1) is 38.2. The summed E-state index contributed by atoms with van der Waals surface area (Å²) in [5, 5.41) is 50.1. The number of imidazole rings is 1. The minimum atomic E-state index is -5.00. The molecule has 29 nitrogen and oxygen atoms in total. The summed E-state index contributed by atoms with van der Waals surface area (Å²) in [6.45, 7) is 3.78. The second-order valence-corrected chi connectivity index (χ2v) is 27.3. The lowest BCUT2D eigenvalue weighted by Gasteiger charge is -2.13. The first-order valence-corrected chi connectivity index (χ1v) is 32.5. The molecule has 0 radical (unpaired) electrons. The number of rotatable bonds is 20. The molecule has 0 saturated heterocycles. The van der Waals surface area contributed by atoms with Crippen LogP contribution in [0.4, 0.5) is 39.3 Å². The van der Waals surface area contributed by atoms with Crippen molar-refractivity contribution in [3.8, 4) is 17.7 Å². The van der Waals surface area contributed by atoms with Gasteiger partial charge in [0.15, 0.2) is 11.3 Å². The van der Waals surface area contributed by atoms with E-state index >= 15 is 0 Å². The van der Waals surface area contributed by atoms with E-state index in [9.17, 15) is 80.0 Å². The number of nitrogens with one attached hydrogen (secondary N) is 1. The highest BCUT2D eigenvalue weighted by Crippen LogP contribution is 2.45. The molecule has 430 valence electrons. The van der Waals surface area contributed by atoms with Gasteiger partial charge in [-0.3, -0.25) is 32.0 Å². The fraction of sp³-hybridized carbons (Fsp3) is 0.200. The summed E-state index contributed by atoms with van der Waals surface area (Å²) in [7, 11) is -23.5. The number of azo groups is 3. The van der Waals surface area contributed by atoms with Gasteiger partial charge in [0.2, 0.25) is 16.9 Å². The number of nitrogens with zero attached hydrogens (tertiary/aromatic N) is 10. The van der Waals surface area contributed by atoms with Gasteiger partial charge >= 0.3 is 0 Å². The van der Waals surface area contributed by atoms with Crippen LogP contribution < -0.4 is 10.1 Å². The van der Waals surface area contributed by atoms with Gasteiger partial charge in [0.1, 0.15) is 55.3 Å². The number of fused-ring (bicyclic) bond motifs is 6. The van der Waals surface area contributed by atoms with Crippen molar-refractivity contribution in [1.29, 1.82) is 5.26 Å². The van der Waals surface area contributed by atoms with E-state index in [2.05, 4.69) is 46.0 Å². The second kappa shape index (κ2) is 23.2. The molecular formula is C45H38ClN11O18S7. The predicted molar refractivity (Wildman–Crippen MR) is 298 cm³/mol. The topological polar surface area (TPSA) is 459 Å². The lowest BCUT2D eigenvalue weighted by atomic mass is 10.1. The third-order valence-electron chi connectivity index (χ3n) is 11.5. The summed E-state index contributed by atoms with van der Waals surface area (Å²) < 4.78 is 175. The number of nitriles is 1. The van der Waals surface area contributed by atoms with Crippen molar-refractivity contribution in [2.24, 2.45) is 30.7 Å². The van der Waals surface area contributed by atoms with Crippen LogP contribution in [0.15, 0.2) is 111 Å². The lowest BCUT2D eigenvalue weighted by Crippen LogP contribution is -2.08. The summed E-state index contributed by atoms with van der Waals surface area (Å²) in [6.07, 6.45) is -0.315. The molecule has 3 heterocycles. The largest absolute Gasteiger partial charge is 0.493 e. The minimum Gasteiger partial charge on any atom is -0.493 e. The average molecular weight is 1280 g/mol. The fourth-order valence-electron chi connectivity index (χ4n) is 7.88. The highest BCUT2D eigenvalue weighted by molar-refractivity contribution is 7.99. The quantitative estimate of drug-likeness (QED) is 0.0161. The molecular weight excluding hydrogens is 1240 g/mol. The maximum Gasteiger partial charge on any atom is 0.296 e. The molecule has 82 heavy (non-hydrogen) atoms. The van der Waals surface area contributed by atoms with Gasteiger partial charge < -0.3 is 15.2 Å². The number of hydrogen-bond acceptors (Lipinski definition) is 24. The van der Waals surface area contributed by atoms with Gasteiger partial charge in [-0.1, -0.05) is 29.0 Å². The van der Waals surface area contributed by atoms with Crippen molar-refractivity contribution in [3.05, 3.63) is 82.4 Å². The number of aromatic hydroxyl groups is 1. The number of halogens is 1. The van der Waals surface area contributed by atoms with Crippen LogP contribution in [0.3, 0.4) is 0 Å². The lowest BCUT2D eigenvalue weighted by molar-refractivity contribution is -0.114. The van der Waals surface area contributed by atoms with Crippen molar-refractivity contribution in [2.75, 3.05) is 29.2 Å². The molecule has 37 heteroatoms. The fourth-order valence-corrected chi connectivity index (χ4v) is 13.2. The summed E-state index contributed by atoms with van der Waals surface area (Å²) in [5.41, 5.74) is -1.23. The van der Waals surface area contributed by atoms with Crippen LogP contribution >= 0.6 is 34.7 Å². The molecule has 0 atom stereocenters. The van der Waals surface area contributed by atoms with Gasteiger partial charge in [0.05, 0.1) is 44.6 Å². The third-order valence-corrected chi connectivity index (χ3v) is 18.0. The molecule has 0 fully saturated rings. The standard InChI is InChI=1S/C45H38ClN11O18S7/c1-21-12-32(53-55-39-22(2)28(20-47)43-49-40-34(57(43)44(39)59)15-25(46)16-38(40)82(72,73)74)35(75-8-4-10-78(60,61)62)18-29(21)51-54-33-17-30(48-23(3)58)31(19-36(33)76-9-5-11-79(63,64)65)52-56-45-50-41-37(81(69,70)71)14-24-13-26(80(66,67)68)6-7-27(24)42(41)77-45/h6-7,12-19,59H,4-5,8-11H2,1-3H3,(H,48,58)(H,60,61,62)(H,63,64,65)(H,66,67,68)(H,69,70,71)(H,72,73,74). The van der Waals surface area contributed by atoms with Gasteiger partial charge in [-0.2, -0.15) is 52.5 Å². The van der Waals surface area contributed by atoms with Gasteiger partial charge in [-0.15, -0.1) is 37.3 Å². The number of anilines is 1. The molecule has 8 rings (SSSR count). The molecule has 5 aromatic carbocycles. The number of aromatic nitrogens is 3. The molecule has 1 amide bonds. The number of ether oxygens (including phenoxy) is 1. The highest BCUT2D eigenvalue weighted by atomic mass is 35.5. The van der Waals surface area contributed by atoms with Gasteiger partial charge in [-0.25, -0.2) is 9.97 Å². The summed E-state index contributed by atoms with van der Waals surface area (Å²) in [6, 6.07) is 13.8. The molecule has 0 unspecified atom stereocenters.